The van der Waals surface area contributed by atoms with Crippen molar-refractivity contribution >= 4 is 5.97 Å². The first-order chi connectivity index (χ1) is 13.2. The van der Waals surface area contributed by atoms with Crippen molar-refractivity contribution < 1.29 is 14.3 Å². The van der Waals surface area contributed by atoms with Crippen molar-refractivity contribution in [2.24, 2.45) is 5.92 Å². The molecule has 0 fully saturated rings. The van der Waals surface area contributed by atoms with Crippen LogP contribution in [0.5, 0.6) is 5.75 Å². The van der Waals surface area contributed by atoms with Gasteiger partial charge in [-0.2, -0.15) is 0 Å². The van der Waals surface area contributed by atoms with Crippen LogP contribution in [0.15, 0.2) is 66.7 Å². The van der Waals surface area contributed by atoms with Gasteiger partial charge in [-0.05, 0) is 36.1 Å². The lowest BCUT2D eigenvalue weighted by atomic mass is 9.89. The Hall–Kier alpha value is -2.59. The fraction of sp³-hybridized carbons (Fsp3) is 0.348. The zero-order valence-corrected chi connectivity index (χ0v) is 16.0. The highest BCUT2D eigenvalue weighted by Crippen LogP contribution is 2.26. The summed E-state index contributed by atoms with van der Waals surface area (Å²) in [4.78, 5) is 14.5. The molecule has 27 heavy (non-hydrogen) atoms. The Morgan fingerprint density at radius 2 is 1.67 bits per heavy atom. The number of esters is 1. The Morgan fingerprint density at radius 3 is 2.30 bits per heavy atom. The van der Waals surface area contributed by atoms with Crippen molar-refractivity contribution in [3.05, 3.63) is 77.9 Å². The second kappa shape index (κ2) is 9.38. The Kier molecular flexibility index (Phi) is 6.66. The van der Waals surface area contributed by atoms with E-state index < -0.39 is 0 Å². The van der Waals surface area contributed by atoms with E-state index in [1.54, 1.807) is 7.11 Å². The van der Waals surface area contributed by atoms with E-state index in [4.69, 9.17) is 9.47 Å². The van der Waals surface area contributed by atoms with Crippen molar-refractivity contribution in [2.45, 2.75) is 32.0 Å². The van der Waals surface area contributed by atoms with Crippen molar-refractivity contribution in [3.8, 4) is 5.75 Å². The lowest BCUT2D eigenvalue weighted by Crippen LogP contribution is -2.37. The van der Waals surface area contributed by atoms with Crippen LogP contribution in [-0.4, -0.2) is 31.1 Å². The van der Waals surface area contributed by atoms with Crippen LogP contribution in [0.4, 0.5) is 0 Å². The number of carbonyl (C=O) groups excluding carboxylic acids is 1. The van der Waals surface area contributed by atoms with Crippen LogP contribution >= 0.6 is 0 Å². The van der Waals surface area contributed by atoms with Gasteiger partial charge < -0.3 is 9.47 Å². The molecule has 1 aliphatic rings. The molecule has 3 rings (SSSR count). The van der Waals surface area contributed by atoms with E-state index >= 15 is 0 Å². The van der Waals surface area contributed by atoms with Crippen LogP contribution in [0.2, 0.25) is 0 Å². The Balaban J connectivity index is 1.79. The summed E-state index contributed by atoms with van der Waals surface area (Å²) in [5.41, 5.74) is 2.49. The molecule has 0 radical (unpaired) electrons. The third-order valence-electron chi connectivity index (χ3n) is 5.08. The van der Waals surface area contributed by atoms with Gasteiger partial charge in [0, 0.05) is 19.1 Å². The van der Waals surface area contributed by atoms with E-state index in [0.29, 0.717) is 0 Å². The first-order valence-electron chi connectivity index (χ1n) is 9.35. The van der Waals surface area contributed by atoms with Gasteiger partial charge in [0.1, 0.15) is 5.75 Å². The van der Waals surface area contributed by atoms with Crippen molar-refractivity contribution in [2.75, 3.05) is 14.2 Å². The van der Waals surface area contributed by atoms with Gasteiger partial charge in [-0.1, -0.05) is 54.6 Å². The molecule has 0 N–H and O–H groups in total. The average molecular weight is 365 g/mol. The highest BCUT2D eigenvalue weighted by atomic mass is 16.5. The number of ether oxygens (including phenoxy) is 2. The molecule has 4 heteroatoms. The molecule has 2 atom stereocenters. The smallest absolute Gasteiger partial charge is 0.309 e. The molecule has 1 aliphatic carbocycles. The van der Waals surface area contributed by atoms with E-state index in [1.165, 1.54) is 18.2 Å². The molecule has 0 saturated heterocycles. The average Bonchev–Trinajstić information content (AvgIpc) is 2.74. The van der Waals surface area contributed by atoms with E-state index in [-0.39, 0.29) is 17.9 Å². The number of nitrogens with zero attached hydrogens (tertiary/aromatic N) is 1. The lowest BCUT2D eigenvalue weighted by molar-refractivity contribution is -0.146. The first kappa shape index (κ1) is 19.2. The molecule has 2 aromatic rings. The van der Waals surface area contributed by atoms with Gasteiger partial charge in [0.05, 0.1) is 20.1 Å². The third-order valence-corrected chi connectivity index (χ3v) is 5.08. The largest absolute Gasteiger partial charge is 0.497 e. The van der Waals surface area contributed by atoms with Crippen LogP contribution in [0, 0.1) is 5.92 Å². The number of carbonyl (C=O) groups is 1. The summed E-state index contributed by atoms with van der Waals surface area (Å²) in [6.45, 7) is 1.64. The van der Waals surface area contributed by atoms with Gasteiger partial charge in [-0.25, -0.2) is 0 Å². The van der Waals surface area contributed by atoms with Gasteiger partial charge in [0.2, 0.25) is 0 Å². The fourth-order valence-corrected chi connectivity index (χ4v) is 3.57. The van der Waals surface area contributed by atoms with E-state index in [2.05, 4.69) is 53.5 Å². The van der Waals surface area contributed by atoms with Crippen LogP contribution in [-0.2, 0) is 22.6 Å². The van der Waals surface area contributed by atoms with Crippen molar-refractivity contribution in [3.63, 3.8) is 0 Å². The monoisotopic (exact) mass is 365 g/mol. The molecule has 2 aromatic carbocycles. The fourth-order valence-electron chi connectivity index (χ4n) is 3.57. The quantitative estimate of drug-likeness (QED) is 0.544. The summed E-state index contributed by atoms with van der Waals surface area (Å²) < 4.78 is 10.2. The van der Waals surface area contributed by atoms with Gasteiger partial charge >= 0.3 is 5.97 Å². The van der Waals surface area contributed by atoms with Crippen molar-refractivity contribution in [1.82, 2.24) is 4.90 Å². The highest BCUT2D eigenvalue weighted by Gasteiger charge is 2.28. The molecule has 4 nitrogen and oxygen atoms in total. The molecule has 142 valence electrons. The first-order valence-corrected chi connectivity index (χ1v) is 9.35. The molecule has 0 heterocycles. The van der Waals surface area contributed by atoms with Gasteiger partial charge in [-0.3, -0.25) is 9.69 Å². The minimum absolute atomic E-state index is 0.0702. The summed E-state index contributed by atoms with van der Waals surface area (Å²) in [6, 6.07) is 18.8. The second-order valence-electron chi connectivity index (χ2n) is 6.93. The normalized spacial score (nSPS) is 19.1. The molecule has 0 bridgehead atoms. The maximum absolute atomic E-state index is 12.0. The minimum atomic E-state index is -0.117. The minimum Gasteiger partial charge on any atom is -0.497 e. The predicted octanol–water partition coefficient (Wildman–Crippen LogP) is 4.21. The lowest BCUT2D eigenvalue weighted by Gasteiger charge is -2.34. The van der Waals surface area contributed by atoms with Crippen LogP contribution in [0.25, 0.3) is 0 Å². The molecule has 0 saturated carbocycles. The van der Waals surface area contributed by atoms with Crippen LogP contribution < -0.4 is 4.74 Å². The van der Waals surface area contributed by atoms with E-state index in [9.17, 15) is 4.79 Å². The number of methoxy groups -OCH3 is 2. The maximum Gasteiger partial charge on any atom is 0.309 e. The molecule has 0 aromatic heterocycles. The summed E-state index contributed by atoms with van der Waals surface area (Å²) in [5.74, 6) is 0.671. The maximum atomic E-state index is 12.0. The molecular formula is C23H27NO3. The standard InChI is InChI=1S/C23H27NO3/c1-26-22-13-11-19(12-14-22)17-24(16-18-7-4-3-5-8-18)21-10-6-9-20(15-21)23(25)27-2/h3-8,10-14,20-21H,9,15-17H2,1-2H3/t20-,21+/m0/s1. The molecule has 0 aliphatic heterocycles. The zero-order chi connectivity index (χ0) is 19.1. The van der Waals surface area contributed by atoms with Crippen LogP contribution in [0.1, 0.15) is 24.0 Å². The van der Waals surface area contributed by atoms with Crippen molar-refractivity contribution in [1.29, 1.82) is 0 Å². The SMILES string of the molecule is COC(=O)[C@H]1CC=C[C@@H](N(Cc2ccccc2)Cc2ccc(OC)cc2)C1. The Bertz CT molecular complexity index is 755. The van der Waals surface area contributed by atoms with Gasteiger partial charge in [-0.15, -0.1) is 0 Å². The molecule has 0 spiro atoms. The zero-order valence-electron chi connectivity index (χ0n) is 16.0. The number of hydrogen-bond acceptors (Lipinski definition) is 4. The summed E-state index contributed by atoms with van der Waals surface area (Å²) in [7, 11) is 3.14. The number of benzene rings is 2. The Morgan fingerprint density at radius 1 is 1.00 bits per heavy atom. The number of rotatable bonds is 7. The van der Waals surface area contributed by atoms with Gasteiger partial charge in [0.25, 0.3) is 0 Å². The highest BCUT2D eigenvalue weighted by molar-refractivity contribution is 5.72. The van der Waals surface area contributed by atoms with Gasteiger partial charge in [0.15, 0.2) is 0 Å². The second-order valence-corrected chi connectivity index (χ2v) is 6.93. The third kappa shape index (κ3) is 5.20. The Labute approximate surface area is 161 Å². The van der Waals surface area contributed by atoms with E-state index in [0.717, 1.165) is 31.7 Å². The number of hydrogen-bond donors (Lipinski definition) is 0. The summed E-state index contributed by atoms with van der Waals surface area (Å²) in [6.07, 6.45) is 5.88. The molecule has 0 amide bonds. The molecule has 0 unspecified atom stereocenters. The summed E-state index contributed by atoms with van der Waals surface area (Å²) >= 11 is 0. The topological polar surface area (TPSA) is 38.8 Å². The summed E-state index contributed by atoms with van der Waals surface area (Å²) in [5, 5.41) is 0. The van der Waals surface area contributed by atoms with Crippen LogP contribution in [0.3, 0.4) is 0 Å². The predicted molar refractivity (Wildman–Crippen MR) is 106 cm³/mol. The van der Waals surface area contributed by atoms with E-state index in [1.807, 2.05) is 18.2 Å². The molecular weight excluding hydrogens is 338 g/mol. The number of allylic oxidation sites excluding steroid dienone is 1.